The lowest BCUT2D eigenvalue weighted by molar-refractivity contribution is -0.245. The molecule has 4 nitrogen and oxygen atoms in total. The van der Waals surface area contributed by atoms with Gasteiger partial charge in [0.25, 0.3) is 0 Å². The van der Waals surface area contributed by atoms with Crippen LogP contribution in [-0.2, 0) is 16.1 Å². The third kappa shape index (κ3) is 2.66. The summed E-state index contributed by atoms with van der Waals surface area (Å²) < 4.78 is 9.66. The van der Waals surface area contributed by atoms with E-state index >= 15 is 0 Å². The number of halogens is 1. The van der Waals surface area contributed by atoms with Gasteiger partial charge in [-0.15, -0.1) is 0 Å². The minimum absolute atomic E-state index is 0.104. The minimum atomic E-state index is -0.104. The van der Waals surface area contributed by atoms with Crippen molar-refractivity contribution in [1.29, 1.82) is 0 Å². The highest BCUT2D eigenvalue weighted by atomic mass is 127. The predicted octanol–water partition coefficient (Wildman–Crippen LogP) is 4.13. The number of hydrogen-bond donors (Lipinski definition) is 0. The summed E-state index contributed by atoms with van der Waals surface area (Å²) in [6.07, 6.45) is 10.0. The Bertz CT molecular complexity index is 665. The highest BCUT2D eigenvalue weighted by Gasteiger charge is 2.66. The Balaban J connectivity index is 1.70. The average Bonchev–Trinajstić information content (AvgIpc) is 2.73. The lowest BCUT2D eigenvalue weighted by atomic mass is 9.39. The average molecular weight is 442 g/mol. The third-order valence-electron chi connectivity index (χ3n) is 6.64. The van der Waals surface area contributed by atoms with Crippen LogP contribution in [0.1, 0.15) is 58.1 Å². The first-order valence-electron chi connectivity index (χ1n) is 8.96. The van der Waals surface area contributed by atoms with Crippen LogP contribution in [0.3, 0.4) is 0 Å². The van der Waals surface area contributed by atoms with E-state index in [9.17, 15) is 4.79 Å². The standard InChI is InChI=1S/C19H27IN2O2/c1-14-15(20)6-21-22(14)13-18-8-16(2)7-17(3,9-18)11-19(10-16,12-18)24-5-4-23/h4,6H,5,7-13H2,1-3H3. The van der Waals surface area contributed by atoms with Gasteiger partial charge >= 0.3 is 0 Å². The summed E-state index contributed by atoms with van der Waals surface area (Å²) in [5.41, 5.74) is 2.08. The molecule has 0 amide bonds. The summed E-state index contributed by atoms with van der Waals surface area (Å²) >= 11 is 2.37. The maximum absolute atomic E-state index is 10.9. The summed E-state index contributed by atoms with van der Waals surface area (Å²) in [6, 6.07) is 0. The van der Waals surface area contributed by atoms with Crippen LogP contribution in [0.4, 0.5) is 0 Å². The molecular formula is C19H27IN2O2. The maximum Gasteiger partial charge on any atom is 0.145 e. The molecule has 4 aliphatic carbocycles. The van der Waals surface area contributed by atoms with Crippen molar-refractivity contribution in [3.63, 3.8) is 0 Å². The number of carbonyl (C=O) groups excluding carboxylic acids is 1. The number of ether oxygens (including phenoxy) is 1. The molecule has 1 aromatic heterocycles. The largest absolute Gasteiger partial charge is 0.367 e. The van der Waals surface area contributed by atoms with Gasteiger partial charge in [-0.05, 0) is 84.3 Å². The Kier molecular flexibility index (Phi) is 3.75. The van der Waals surface area contributed by atoms with Gasteiger partial charge in [0.2, 0.25) is 0 Å². The van der Waals surface area contributed by atoms with Crippen molar-refractivity contribution in [2.45, 2.75) is 71.4 Å². The van der Waals surface area contributed by atoms with Gasteiger partial charge in [-0.3, -0.25) is 4.68 Å². The number of hydrogen-bond acceptors (Lipinski definition) is 3. The predicted molar refractivity (Wildman–Crippen MR) is 101 cm³/mol. The van der Waals surface area contributed by atoms with Crippen molar-refractivity contribution in [2.24, 2.45) is 16.2 Å². The molecule has 5 heteroatoms. The van der Waals surface area contributed by atoms with Crippen LogP contribution in [-0.4, -0.2) is 28.3 Å². The van der Waals surface area contributed by atoms with Crippen LogP contribution >= 0.6 is 22.6 Å². The molecule has 4 saturated carbocycles. The molecule has 5 rings (SSSR count). The molecule has 0 saturated heterocycles. The van der Waals surface area contributed by atoms with Gasteiger partial charge in [-0.25, -0.2) is 0 Å². The Hall–Kier alpha value is -0.430. The van der Waals surface area contributed by atoms with Gasteiger partial charge in [-0.2, -0.15) is 5.10 Å². The summed E-state index contributed by atoms with van der Waals surface area (Å²) in [5.74, 6) is 0. The Morgan fingerprint density at radius 2 is 1.88 bits per heavy atom. The van der Waals surface area contributed by atoms with E-state index in [1.54, 1.807) is 0 Å². The fourth-order valence-corrected chi connectivity index (χ4v) is 7.67. The number of nitrogens with zero attached hydrogens (tertiary/aromatic N) is 2. The smallest absolute Gasteiger partial charge is 0.145 e. The zero-order valence-electron chi connectivity index (χ0n) is 14.9. The number of rotatable bonds is 5. The molecule has 0 aromatic carbocycles. The zero-order valence-corrected chi connectivity index (χ0v) is 17.1. The second-order valence-corrected chi connectivity index (χ2v) is 10.7. The van der Waals surface area contributed by atoms with Gasteiger partial charge in [0, 0.05) is 12.2 Å². The summed E-state index contributed by atoms with van der Waals surface area (Å²) in [7, 11) is 0. The van der Waals surface area contributed by atoms with Crippen LogP contribution in [0.25, 0.3) is 0 Å². The first-order chi connectivity index (χ1) is 11.2. The van der Waals surface area contributed by atoms with E-state index in [4.69, 9.17) is 4.74 Å². The quantitative estimate of drug-likeness (QED) is 0.509. The van der Waals surface area contributed by atoms with Gasteiger partial charge in [0.05, 0.1) is 15.4 Å². The van der Waals surface area contributed by atoms with Crippen LogP contribution in [0.5, 0.6) is 0 Å². The van der Waals surface area contributed by atoms with Gasteiger partial charge in [0.15, 0.2) is 0 Å². The van der Waals surface area contributed by atoms with E-state index in [1.807, 2.05) is 6.20 Å². The van der Waals surface area contributed by atoms with Crippen LogP contribution in [0, 0.1) is 26.7 Å². The third-order valence-corrected chi connectivity index (χ3v) is 7.70. The molecule has 2 atom stereocenters. The molecule has 4 bridgehead atoms. The topological polar surface area (TPSA) is 44.1 Å². The molecule has 1 aromatic rings. The summed E-state index contributed by atoms with van der Waals surface area (Å²) in [4.78, 5) is 10.9. The molecule has 132 valence electrons. The van der Waals surface area contributed by atoms with Crippen molar-refractivity contribution in [1.82, 2.24) is 9.78 Å². The number of aldehydes is 1. The molecule has 0 N–H and O–H groups in total. The van der Waals surface area contributed by atoms with E-state index in [-0.39, 0.29) is 17.6 Å². The minimum Gasteiger partial charge on any atom is -0.367 e. The molecule has 24 heavy (non-hydrogen) atoms. The van der Waals surface area contributed by atoms with Crippen molar-refractivity contribution in [3.05, 3.63) is 15.5 Å². The first kappa shape index (κ1) is 17.0. The fourth-order valence-electron chi connectivity index (χ4n) is 7.26. The van der Waals surface area contributed by atoms with Gasteiger partial charge in [-0.1, -0.05) is 13.8 Å². The van der Waals surface area contributed by atoms with E-state index in [0.717, 1.165) is 32.1 Å². The number of carbonyl (C=O) groups is 1. The molecule has 0 aliphatic heterocycles. The lowest BCUT2D eigenvalue weighted by Crippen LogP contribution is -2.64. The lowest BCUT2D eigenvalue weighted by Gasteiger charge is -2.69. The Labute approximate surface area is 157 Å². The van der Waals surface area contributed by atoms with Crippen LogP contribution in [0.2, 0.25) is 0 Å². The zero-order chi connectivity index (χ0) is 17.2. The van der Waals surface area contributed by atoms with E-state index in [0.29, 0.717) is 10.8 Å². The van der Waals surface area contributed by atoms with E-state index in [1.165, 1.54) is 28.5 Å². The highest BCUT2D eigenvalue weighted by molar-refractivity contribution is 14.1. The van der Waals surface area contributed by atoms with E-state index < -0.39 is 0 Å². The van der Waals surface area contributed by atoms with Crippen LogP contribution in [0.15, 0.2) is 6.20 Å². The Morgan fingerprint density at radius 1 is 1.21 bits per heavy atom. The second kappa shape index (κ2) is 5.29. The van der Waals surface area contributed by atoms with Crippen molar-refractivity contribution in [3.8, 4) is 0 Å². The maximum atomic E-state index is 10.9. The number of aromatic nitrogens is 2. The second-order valence-electron chi connectivity index (χ2n) is 9.58. The first-order valence-corrected chi connectivity index (χ1v) is 10.0. The molecule has 0 radical (unpaired) electrons. The normalized spacial score (nSPS) is 43.3. The van der Waals surface area contributed by atoms with Gasteiger partial charge in [0.1, 0.15) is 12.9 Å². The van der Waals surface area contributed by atoms with Crippen molar-refractivity contribution in [2.75, 3.05) is 6.61 Å². The Morgan fingerprint density at radius 3 is 2.42 bits per heavy atom. The van der Waals surface area contributed by atoms with Gasteiger partial charge < -0.3 is 9.53 Å². The van der Waals surface area contributed by atoms with E-state index in [2.05, 4.69) is 53.1 Å². The molecule has 0 spiro atoms. The molecule has 4 aliphatic rings. The summed E-state index contributed by atoms with van der Waals surface area (Å²) in [6.45, 7) is 8.27. The van der Waals surface area contributed by atoms with Crippen LogP contribution < -0.4 is 0 Å². The van der Waals surface area contributed by atoms with Crippen molar-refractivity contribution < 1.29 is 9.53 Å². The highest BCUT2D eigenvalue weighted by Crippen LogP contribution is 2.71. The molecule has 1 heterocycles. The SMILES string of the molecule is Cc1c(I)cnn1CC12CC3(C)CC(C)(C1)CC(OCC=O)(C3)C2. The molecule has 2 unspecified atom stereocenters. The summed E-state index contributed by atoms with van der Waals surface area (Å²) in [5, 5.41) is 4.63. The fraction of sp³-hybridized carbons (Fsp3) is 0.789. The molecular weight excluding hydrogens is 415 g/mol. The monoisotopic (exact) mass is 442 g/mol. The molecule has 4 fully saturated rings. The van der Waals surface area contributed by atoms with Crippen molar-refractivity contribution >= 4 is 28.9 Å².